The van der Waals surface area contributed by atoms with Gasteiger partial charge in [0, 0.05) is 19.5 Å². The van der Waals surface area contributed by atoms with Crippen molar-refractivity contribution >= 4 is 18.6 Å². The Morgan fingerprint density at radius 1 is 1.53 bits per heavy atom. The molecule has 19 heavy (non-hydrogen) atoms. The van der Waals surface area contributed by atoms with E-state index in [0.717, 1.165) is 11.0 Å². The molecule has 0 unspecified atom stereocenters. The van der Waals surface area contributed by atoms with Gasteiger partial charge in [0.2, 0.25) is 0 Å². The number of aldehydes is 2. The third-order valence-corrected chi connectivity index (χ3v) is 2.74. The SMILES string of the molecule is CNC(=O)N(/C(C=O)=C\C=O)[C@H]1C[C@H](O)[C@@H](CO)O1. The van der Waals surface area contributed by atoms with Gasteiger partial charge in [0.15, 0.2) is 6.29 Å². The van der Waals surface area contributed by atoms with Gasteiger partial charge in [-0.2, -0.15) is 0 Å². The van der Waals surface area contributed by atoms with Crippen LogP contribution in [-0.4, -0.2) is 65.8 Å². The molecule has 1 fully saturated rings. The molecule has 0 aromatic rings. The van der Waals surface area contributed by atoms with Crippen LogP contribution in [0.5, 0.6) is 0 Å². The largest absolute Gasteiger partial charge is 0.394 e. The zero-order valence-corrected chi connectivity index (χ0v) is 10.4. The van der Waals surface area contributed by atoms with Gasteiger partial charge < -0.3 is 20.3 Å². The standard InChI is InChI=1S/C11H16N2O6/c1-12-11(18)13(7(5-15)2-3-14)10-4-8(17)9(6-16)19-10/h2-3,5,8-10,16-17H,4,6H2,1H3,(H,12,18)/b7-2-/t8-,9+,10+/m0/s1. The Bertz CT molecular complexity index is 383. The molecule has 1 aliphatic rings. The predicted molar refractivity (Wildman–Crippen MR) is 62.9 cm³/mol. The van der Waals surface area contributed by atoms with E-state index in [-0.39, 0.29) is 12.1 Å². The molecule has 3 N–H and O–H groups in total. The Morgan fingerprint density at radius 2 is 2.21 bits per heavy atom. The highest BCUT2D eigenvalue weighted by Crippen LogP contribution is 2.25. The summed E-state index contributed by atoms with van der Waals surface area (Å²) < 4.78 is 5.29. The molecule has 8 heteroatoms. The Balaban J connectivity index is 2.99. The van der Waals surface area contributed by atoms with E-state index >= 15 is 0 Å². The van der Waals surface area contributed by atoms with Gasteiger partial charge in [0.25, 0.3) is 0 Å². The average Bonchev–Trinajstić information content (AvgIpc) is 2.78. The molecule has 0 bridgehead atoms. The van der Waals surface area contributed by atoms with Gasteiger partial charge in [-0.1, -0.05) is 0 Å². The van der Waals surface area contributed by atoms with Crippen molar-refractivity contribution in [3.8, 4) is 0 Å². The lowest BCUT2D eigenvalue weighted by atomic mass is 10.2. The number of hydrogen-bond donors (Lipinski definition) is 3. The van der Waals surface area contributed by atoms with E-state index in [1.165, 1.54) is 7.05 Å². The zero-order chi connectivity index (χ0) is 14.4. The Kier molecular flexibility index (Phi) is 5.61. The van der Waals surface area contributed by atoms with Crippen molar-refractivity contribution in [3.63, 3.8) is 0 Å². The second-order valence-corrected chi connectivity index (χ2v) is 3.89. The molecule has 1 heterocycles. The second-order valence-electron chi connectivity index (χ2n) is 3.89. The molecule has 0 aromatic carbocycles. The van der Waals surface area contributed by atoms with Crippen molar-refractivity contribution in [2.45, 2.75) is 24.9 Å². The Labute approximate surface area is 109 Å². The van der Waals surface area contributed by atoms with Gasteiger partial charge in [-0.05, 0) is 0 Å². The molecule has 1 saturated heterocycles. The maximum absolute atomic E-state index is 11.8. The minimum Gasteiger partial charge on any atom is -0.394 e. The van der Waals surface area contributed by atoms with Crippen LogP contribution in [0.4, 0.5) is 4.79 Å². The molecule has 1 aliphatic heterocycles. The monoisotopic (exact) mass is 272 g/mol. The maximum atomic E-state index is 11.8. The van der Waals surface area contributed by atoms with Crippen LogP contribution in [0.1, 0.15) is 6.42 Å². The van der Waals surface area contributed by atoms with E-state index < -0.39 is 31.1 Å². The summed E-state index contributed by atoms with van der Waals surface area (Å²) in [6.45, 7) is -0.410. The van der Waals surface area contributed by atoms with Crippen LogP contribution >= 0.6 is 0 Å². The highest BCUT2D eigenvalue weighted by Gasteiger charge is 2.39. The zero-order valence-electron chi connectivity index (χ0n) is 10.4. The number of ether oxygens (including phenoxy) is 1. The van der Waals surface area contributed by atoms with Gasteiger partial charge in [-0.15, -0.1) is 0 Å². The Hall–Kier alpha value is -1.77. The molecule has 1 rings (SSSR count). The fourth-order valence-electron chi connectivity index (χ4n) is 1.82. The first-order valence-corrected chi connectivity index (χ1v) is 5.65. The summed E-state index contributed by atoms with van der Waals surface area (Å²) in [5, 5.41) is 20.9. The summed E-state index contributed by atoms with van der Waals surface area (Å²) in [6, 6.07) is -0.656. The van der Waals surface area contributed by atoms with E-state index in [9.17, 15) is 19.5 Å². The number of nitrogens with one attached hydrogen (secondary N) is 1. The number of aliphatic hydroxyl groups excluding tert-OH is 2. The fourth-order valence-corrected chi connectivity index (χ4v) is 1.82. The van der Waals surface area contributed by atoms with E-state index in [2.05, 4.69) is 5.32 Å². The van der Waals surface area contributed by atoms with Gasteiger partial charge in [0.05, 0.1) is 18.4 Å². The fraction of sp³-hybridized carbons (Fsp3) is 0.545. The molecule has 0 aliphatic carbocycles. The molecular weight excluding hydrogens is 256 g/mol. The first-order valence-electron chi connectivity index (χ1n) is 5.65. The van der Waals surface area contributed by atoms with Crippen LogP contribution in [0.15, 0.2) is 11.8 Å². The van der Waals surface area contributed by atoms with Crippen LogP contribution in [0.2, 0.25) is 0 Å². The van der Waals surface area contributed by atoms with E-state index in [0.29, 0.717) is 12.6 Å². The number of aliphatic hydroxyl groups is 2. The molecule has 0 radical (unpaired) electrons. The van der Waals surface area contributed by atoms with Crippen LogP contribution in [0.25, 0.3) is 0 Å². The number of carbonyl (C=O) groups is 3. The average molecular weight is 272 g/mol. The summed E-state index contributed by atoms with van der Waals surface area (Å²) >= 11 is 0. The van der Waals surface area contributed by atoms with Crippen LogP contribution < -0.4 is 5.32 Å². The van der Waals surface area contributed by atoms with Crippen LogP contribution in [0.3, 0.4) is 0 Å². The number of allylic oxidation sites excluding steroid dienone is 2. The first-order chi connectivity index (χ1) is 9.08. The number of carbonyl (C=O) groups excluding carboxylic acids is 3. The quantitative estimate of drug-likeness (QED) is 0.409. The van der Waals surface area contributed by atoms with E-state index in [1.807, 2.05) is 0 Å². The van der Waals surface area contributed by atoms with Crippen molar-refractivity contribution in [2.24, 2.45) is 0 Å². The molecule has 0 aromatic heterocycles. The van der Waals surface area contributed by atoms with Gasteiger partial charge >= 0.3 is 6.03 Å². The third-order valence-electron chi connectivity index (χ3n) is 2.74. The summed E-state index contributed by atoms with van der Waals surface area (Å²) in [5.74, 6) is 0. The van der Waals surface area contributed by atoms with Crippen LogP contribution in [0, 0.1) is 0 Å². The summed E-state index contributed by atoms with van der Waals surface area (Å²) in [5.41, 5.74) is -0.190. The van der Waals surface area contributed by atoms with Crippen molar-refractivity contribution in [1.82, 2.24) is 10.2 Å². The van der Waals surface area contributed by atoms with Crippen molar-refractivity contribution in [3.05, 3.63) is 11.8 Å². The van der Waals surface area contributed by atoms with Crippen molar-refractivity contribution in [2.75, 3.05) is 13.7 Å². The molecular formula is C11H16N2O6. The molecule has 3 atom stereocenters. The summed E-state index contributed by atoms with van der Waals surface area (Å²) in [4.78, 5) is 34.1. The van der Waals surface area contributed by atoms with Crippen molar-refractivity contribution < 1.29 is 29.3 Å². The number of urea groups is 1. The number of rotatable bonds is 5. The van der Waals surface area contributed by atoms with E-state index in [4.69, 9.17) is 9.84 Å². The van der Waals surface area contributed by atoms with Gasteiger partial charge in [0.1, 0.15) is 18.6 Å². The number of amides is 2. The summed E-state index contributed by atoms with van der Waals surface area (Å²) in [7, 11) is 1.35. The molecule has 0 spiro atoms. The normalized spacial score (nSPS) is 26.9. The lowest BCUT2D eigenvalue weighted by Gasteiger charge is -2.27. The lowest BCUT2D eigenvalue weighted by Crippen LogP contribution is -2.45. The van der Waals surface area contributed by atoms with Gasteiger partial charge in [-0.3, -0.25) is 14.5 Å². The minimum atomic E-state index is -0.953. The predicted octanol–water partition coefficient (Wildman–Crippen LogP) is -1.62. The second kappa shape index (κ2) is 6.98. The highest BCUT2D eigenvalue weighted by molar-refractivity contribution is 5.88. The minimum absolute atomic E-state index is 0.0304. The molecule has 0 saturated carbocycles. The highest BCUT2D eigenvalue weighted by atomic mass is 16.5. The number of hydrogen-bond acceptors (Lipinski definition) is 6. The molecule has 2 amide bonds. The van der Waals surface area contributed by atoms with Gasteiger partial charge in [-0.25, -0.2) is 4.79 Å². The summed E-state index contributed by atoms with van der Waals surface area (Å²) in [6.07, 6.45) is -1.05. The van der Waals surface area contributed by atoms with Crippen LogP contribution in [-0.2, 0) is 14.3 Å². The molecule has 106 valence electrons. The van der Waals surface area contributed by atoms with E-state index in [1.54, 1.807) is 0 Å². The molecule has 8 nitrogen and oxygen atoms in total. The maximum Gasteiger partial charge on any atom is 0.323 e. The first kappa shape index (κ1) is 15.3. The topological polar surface area (TPSA) is 116 Å². The number of nitrogens with zero attached hydrogens (tertiary/aromatic N) is 1. The van der Waals surface area contributed by atoms with Crippen molar-refractivity contribution in [1.29, 1.82) is 0 Å². The Morgan fingerprint density at radius 3 is 2.63 bits per heavy atom. The smallest absolute Gasteiger partial charge is 0.323 e. The third kappa shape index (κ3) is 3.37. The lowest BCUT2D eigenvalue weighted by molar-refractivity contribution is -0.109.